The first-order valence-electron chi connectivity index (χ1n) is 5.98. The molecular weight excluding hydrogens is 291 g/mol. The number of nitrogens with one attached hydrogen (secondary N) is 1. The molecule has 1 amide bonds. The second-order valence-corrected chi connectivity index (χ2v) is 5.34. The van der Waals surface area contributed by atoms with Crippen LogP contribution in [0.25, 0.3) is 0 Å². The number of phenolic OH excluding ortho intramolecular Hbond substituents is 1. The fourth-order valence-electron chi connectivity index (χ4n) is 1.45. The Morgan fingerprint density at radius 1 is 1.29 bits per heavy atom. The highest BCUT2D eigenvalue weighted by Gasteiger charge is 2.40. The number of ether oxygens (including phenoxy) is 1. The molecule has 0 aliphatic heterocycles. The number of hydrogen-bond donors (Lipinski definition) is 3. The number of anilines is 1. The Hall–Kier alpha value is -1.96. The number of halogens is 3. The van der Waals surface area contributed by atoms with Crippen LogP contribution in [-0.2, 0) is 4.74 Å². The normalized spacial score (nSPS) is 13.7. The quantitative estimate of drug-likeness (QED) is 0.783. The van der Waals surface area contributed by atoms with Gasteiger partial charge in [-0.25, -0.2) is 4.79 Å². The van der Waals surface area contributed by atoms with Gasteiger partial charge in [0.25, 0.3) is 0 Å². The molecular formula is C13H16F3NO4. The Morgan fingerprint density at radius 3 is 2.29 bits per heavy atom. The zero-order chi connectivity index (χ0) is 16.4. The van der Waals surface area contributed by atoms with E-state index in [1.54, 1.807) is 20.8 Å². The van der Waals surface area contributed by atoms with Gasteiger partial charge in [0.1, 0.15) is 11.4 Å². The van der Waals surface area contributed by atoms with Crippen LogP contribution in [0.2, 0.25) is 0 Å². The molecule has 0 heterocycles. The topological polar surface area (TPSA) is 78.8 Å². The van der Waals surface area contributed by atoms with Crippen molar-refractivity contribution in [2.24, 2.45) is 0 Å². The Balaban J connectivity index is 2.86. The minimum Gasteiger partial charge on any atom is -0.507 e. The van der Waals surface area contributed by atoms with E-state index in [1.165, 1.54) is 0 Å². The van der Waals surface area contributed by atoms with Crippen molar-refractivity contribution in [3.8, 4) is 5.75 Å². The molecule has 0 aliphatic rings. The molecule has 0 aliphatic carbocycles. The zero-order valence-corrected chi connectivity index (χ0v) is 11.7. The molecule has 0 spiro atoms. The predicted octanol–water partition coefficient (Wildman–Crippen LogP) is 3.33. The Kier molecular flexibility index (Phi) is 4.72. The van der Waals surface area contributed by atoms with Crippen molar-refractivity contribution in [2.75, 3.05) is 5.32 Å². The lowest BCUT2D eigenvalue weighted by atomic mass is 10.1. The van der Waals surface area contributed by atoms with Crippen LogP contribution in [0.3, 0.4) is 0 Å². The third kappa shape index (κ3) is 5.14. The van der Waals surface area contributed by atoms with Crippen molar-refractivity contribution in [1.29, 1.82) is 0 Å². The Bertz CT molecular complexity index is 523. The molecule has 0 radical (unpaired) electrons. The van der Waals surface area contributed by atoms with Crippen molar-refractivity contribution in [1.82, 2.24) is 0 Å². The van der Waals surface area contributed by atoms with Crippen LogP contribution < -0.4 is 5.32 Å². The molecule has 1 aromatic rings. The van der Waals surface area contributed by atoms with E-state index in [9.17, 15) is 23.1 Å². The van der Waals surface area contributed by atoms with Gasteiger partial charge in [0.05, 0.1) is 0 Å². The van der Waals surface area contributed by atoms with Crippen LogP contribution in [0.15, 0.2) is 18.2 Å². The summed E-state index contributed by atoms with van der Waals surface area (Å²) in [5.41, 5.74) is -1.39. The number of carbonyl (C=O) groups excluding carboxylic acids is 1. The first-order valence-corrected chi connectivity index (χ1v) is 5.98. The molecule has 1 aromatic carbocycles. The summed E-state index contributed by atoms with van der Waals surface area (Å²) in [6, 6.07) is 2.89. The van der Waals surface area contributed by atoms with Gasteiger partial charge in [-0.3, -0.25) is 5.32 Å². The molecule has 0 bridgehead atoms. The van der Waals surface area contributed by atoms with E-state index in [-0.39, 0.29) is 5.69 Å². The van der Waals surface area contributed by atoms with Crippen LogP contribution in [0, 0.1) is 0 Å². The molecule has 0 saturated carbocycles. The third-order valence-electron chi connectivity index (χ3n) is 2.28. The summed E-state index contributed by atoms with van der Waals surface area (Å²) < 4.78 is 42.0. The number of amides is 1. The molecule has 0 aromatic heterocycles. The lowest BCUT2D eigenvalue weighted by Gasteiger charge is -2.20. The van der Waals surface area contributed by atoms with Gasteiger partial charge in [-0.05, 0) is 26.8 Å². The molecule has 0 fully saturated rings. The van der Waals surface area contributed by atoms with Gasteiger partial charge in [-0.15, -0.1) is 0 Å². The average Bonchev–Trinajstić information content (AvgIpc) is 2.24. The Morgan fingerprint density at radius 2 is 1.86 bits per heavy atom. The molecule has 21 heavy (non-hydrogen) atoms. The summed E-state index contributed by atoms with van der Waals surface area (Å²) in [6.07, 6.45) is -8.50. The van der Waals surface area contributed by atoms with Gasteiger partial charge in [0.2, 0.25) is 0 Å². The fourth-order valence-corrected chi connectivity index (χ4v) is 1.45. The summed E-state index contributed by atoms with van der Waals surface area (Å²) in [6.45, 7) is 4.94. The molecule has 8 heteroatoms. The maximum absolute atomic E-state index is 12.4. The van der Waals surface area contributed by atoms with E-state index in [2.05, 4.69) is 5.32 Å². The van der Waals surface area contributed by atoms with Crippen molar-refractivity contribution >= 4 is 11.8 Å². The molecule has 3 N–H and O–H groups in total. The molecule has 0 saturated heterocycles. The predicted molar refractivity (Wildman–Crippen MR) is 69.0 cm³/mol. The first-order chi connectivity index (χ1) is 9.40. The van der Waals surface area contributed by atoms with Crippen LogP contribution >= 0.6 is 0 Å². The highest BCUT2D eigenvalue weighted by Crippen LogP contribution is 2.37. The number of aliphatic hydroxyl groups is 1. The van der Waals surface area contributed by atoms with Crippen LogP contribution in [0.1, 0.15) is 32.4 Å². The lowest BCUT2D eigenvalue weighted by molar-refractivity contribution is -0.207. The summed E-state index contributed by atoms with van der Waals surface area (Å²) in [4.78, 5) is 11.5. The molecule has 1 atom stereocenters. The maximum atomic E-state index is 12.4. The highest BCUT2D eigenvalue weighted by atomic mass is 19.4. The minimum absolute atomic E-state index is 0.0416. The summed E-state index contributed by atoms with van der Waals surface area (Å²) >= 11 is 0. The number of aliphatic hydroxyl groups excluding tert-OH is 1. The minimum atomic E-state index is -4.89. The number of alkyl halides is 3. The number of hydrogen-bond acceptors (Lipinski definition) is 4. The fraction of sp³-hybridized carbons (Fsp3) is 0.462. The Labute approximate surface area is 119 Å². The summed E-state index contributed by atoms with van der Waals surface area (Å²) in [7, 11) is 0. The molecule has 118 valence electrons. The van der Waals surface area contributed by atoms with Gasteiger partial charge in [0, 0.05) is 17.3 Å². The van der Waals surface area contributed by atoms with E-state index in [0.29, 0.717) is 0 Å². The van der Waals surface area contributed by atoms with E-state index in [1.807, 2.05) is 0 Å². The summed E-state index contributed by atoms with van der Waals surface area (Å²) in [5.74, 6) is -0.784. The van der Waals surface area contributed by atoms with Crippen LogP contribution in [-0.4, -0.2) is 28.1 Å². The number of benzene rings is 1. The number of aromatic hydroxyl groups is 1. The van der Waals surface area contributed by atoms with Crippen molar-refractivity contribution < 1.29 is 32.9 Å². The van der Waals surface area contributed by atoms with Gasteiger partial charge < -0.3 is 14.9 Å². The SMILES string of the molecule is CC(C)(C)OC(=O)Nc1ccc([C@@H](O)C(F)(F)F)c(O)c1. The van der Waals surface area contributed by atoms with Crippen molar-refractivity contribution in [3.05, 3.63) is 23.8 Å². The second kappa shape index (κ2) is 5.80. The van der Waals surface area contributed by atoms with E-state index in [4.69, 9.17) is 9.84 Å². The highest BCUT2D eigenvalue weighted by molar-refractivity contribution is 5.85. The van der Waals surface area contributed by atoms with E-state index >= 15 is 0 Å². The van der Waals surface area contributed by atoms with Crippen LogP contribution in [0.5, 0.6) is 5.75 Å². The molecule has 1 rings (SSSR count). The number of carbonyl (C=O) groups is 1. The van der Waals surface area contributed by atoms with Gasteiger partial charge in [-0.2, -0.15) is 13.2 Å². The van der Waals surface area contributed by atoms with Gasteiger partial charge in [0.15, 0.2) is 6.10 Å². The molecule has 0 unspecified atom stereocenters. The largest absolute Gasteiger partial charge is 0.507 e. The van der Waals surface area contributed by atoms with E-state index < -0.39 is 35.3 Å². The van der Waals surface area contributed by atoms with Crippen LogP contribution in [0.4, 0.5) is 23.7 Å². The van der Waals surface area contributed by atoms with Gasteiger partial charge >= 0.3 is 12.3 Å². The van der Waals surface area contributed by atoms with Gasteiger partial charge in [-0.1, -0.05) is 6.07 Å². The smallest absolute Gasteiger partial charge is 0.418 e. The monoisotopic (exact) mass is 307 g/mol. The lowest BCUT2D eigenvalue weighted by Crippen LogP contribution is -2.27. The summed E-state index contributed by atoms with van der Waals surface area (Å²) in [5, 5.41) is 20.8. The zero-order valence-electron chi connectivity index (χ0n) is 11.7. The average molecular weight is 307 g/mol. The first kappa shape index (κ1) is 17.1. The standard InChI is InChI=1S/C13H16F3NO4/c1-12(2,3)21-11(20)17-7-4-5-8(9(18)6-7)10(19)13(14,15)16/h4-6,10,18-19H,1-3H3,(H,17,20)/t10-/m1/s1. The third-order valence-corrected chi connectivity index (χ3v) is 2.28. The van der Waals surface area contributed by atoms with Crippen molar-refractivity contribution in [3.63, 3.8) is 0 Å². The maximum Gasteiger partial charge on any atom is 0.418 e. The second-order valence-electron chi connectivity index (χ2n) is 5.34. The molecule has 5 nitrogen and oxygen atoms in total. The van der Waals surface area contributed by atoms with E-state index in [0.717, 1.165) is 18.2 Å². The number of rotatable bonds is 2. The van der Waals surface area contributed by atoms with Crippen molar-refractivity contribution in [2.45, 2.75) is 38.7 Å². The number of phenols is 1.